The van der Waals surface area contributed by atoms with E-state index >= 15 is 0 Å². The van der Waals surface area contributed by atoms with Crippen LogP contribution in [0.2, 0.25) is 0 Å². The quantitative estimate of drug-likeness (QED) is 0.890. The Bertz CT molecular complexity index is 984. The first kappa shape index (κ1) is 17.2. The highest BCUT2D eigenvalue weighted by atomic mass is 19.1. The Kier molecular flexibility index (Phi) is 4.36. The van der Waals surface area contributed by atoms with Crippen LogP contribution in [0, 0.1) is 17.1 Å². The van der Waals surface area contributed by atoms with Crippen molar-refractivity contribution in [3.05, 3.63) is 57.5 Å². The van der Waals surface area contributed by atoms with E-state index in [0.29, 0.717) is 37.7 Å². The number of nitriles is 1. The Morgan fingerprint density at radius 3 is 2.59 bits per heavy atom. The van der Waals surface area contributed by atoms with Crippen LogP contribution in [0.15, 0.2) is 29.1 Å². The van der Waals surface area contributed by atoms with E-state index in [2.05, 4.69) is 9.97 Å². The minimum Gasteiger partial charge on any atom is -0.366 e. The third kappa shape index (κ3) is 3.53. The van der Waals surface area contributed by atoms with Gasteiger partial charge in [0.05, 0.1) is 17.3 Å². The molecule has 2 heterocycles. The van der Waals surface area contributed by atoms with Crippen molar-refractivity contribution in [1.82, 2.24) is 14.9 Å². The topological polar surface area (TPSA) is 93.1 Å². The van der Waals surface area contributed by atoms with Crippen molar-refractivity contribution in [3.63, 3.8) is 0 Å². The molecule has 1 amide bonds. The third-order valence-electron chi connectivity index (χ3n) is 4.93. The average molecular weight is 367 g/mol. The van der Waals surface area contributed by atoms with Gasteiger partial charge in [0.1, 0.15) is 17.3 Å². The zero-order valence-electron chi connectivity index (χ0n) is 14.6. The molecule has 0 atom stereocenters. The summed E-state index contributed by atoms with van der Waals surface area (Å²) in [5, 5.41) is 8.84. The van der Waals surface area contributed by atoms with Crippen LogP contribution in [0.4, 0.5) is 10.1 Å². The molecule has 0 bridgehead atoms. The molecule has 0 radical (unpaired) electrons. The van der Waals surface area contributed by atoms with Gasteiger partial charge in [0, 0.05) is 38.2 Å². The van der Waals surface area contributed by atoms with Gasteiger partial charge in [-0.15, -0.1) is 0 Å². The van der Waals surface area contributed by atoms with Gasteiger partial charge in [-0.05, 0) is 31.0 Å². The number of piperazine rings is 1. The molecule has 1 N–H and O–H groups in total. The second-order valence-electron chi connectivity index (χ2n) is 6.85. The van der Waals surface area contributed by atoms with E-state index in [1.165, 1.54) is 12.1 Å². The smallest absolute Gasteiger partial charge is 0.272 e. The summed E-state index contributed by atoms with van der Waals surface area (Å²) in [5.41, 5.74) is 0.551. The largest absolute Gasteiger partial charge is 0.366 e. The van der Waals surface area contributed by atoms with Crippen molar-refractivity contribution in [3.8, 4) is 6.07 Å². The predicted molar refractivity (Wildman–Crippen MR) is 96.1 cm³/mol. The Hall–Kier alpha value is -3.21. The Morgan fingerprint density at radius 1 is 1.22 bits per heavy atom. The van der Waals surface area contributed by atoms with E-state index < -0.39 is 5.82 Å². The molecule has 27 heavy (non-hydrogen) atoms. The molecule has 1 saturated heterocycles. The highest BCUT2D eigenvalue weighted by molar-refractivity contribution is 5.92. The lowest BCUT2D eigenvalue weighted by Crippen LogP contribution is -2.49. The van der Waals surface area contributed by atoms with Crippen LogP contribution in [0.25, 0.3) is 0 Å². The normalized spacial score (nSPS) is 16.9. The van der Waals surface area contributed by atoms with E-state index in [4.69, 9.17) is 5.26 Å². The molecule has 8 heteroatoms. The van der Waals surface area contributed by atoms with Gasteiger partial charge in [-0.1, -0.05) is 0 Å². The summed E-state index contributed by atoms with van der Waals surface area (Å²) in [4.78, 5) is 35.1. The van der Waals surface area contributed by atoms with Crippen molar-refractivity contribution in [2.24, 2.45) is 0 Å². The molecule has 2 fully saturated rings. The summed E-state index contributed by atoms with van der Waals surface area (Å²) in [7, 11) is 0. The molecule has 138 valence electrons. The van der Waals surface area contributed by atoms with Crippen LogP contribution in [0.5, 0.6) is 0 Å². The zero-order valence-corrected chi connectivity index (χ0v) is 14.6. The van der Waals surface area contributed by atoms with Gasteiger partial charge in [0.2, 0.25) is 0 Å². The molecule has 0 spiro atoms. The number of carbonyl (C=O) groups is 1. The monoisotopic (exact) mass is 367 g/mol. The molecule has 2 aromatic rings. The number of amides is 1. The van der Waals surface area contributed by atoms with Gasteiger partial charge in [-0.25, -0.2) is 9.37 Å². The number of aromatic amines is 1. The molecular formula is C19H18FN5O2. The number of nitrogens with one attached hydrogen (secondary N) is 1. The first-order chi connectivity index (χ1) is 13.0. The lowest BCUT2D eigenvalue weighted by atomic mass is 10.1. The Balaban J connectivity index is 1.45. The first-order valence-corrected chi connectivity index (χ1v) is 8.90. The lowest BCUT2D eigenvalue weighted by Gasteiger charge is -2.36. The van der Waals surface area contributed by atoms with Crippen molar-refractivity contribution in [1.29, 1.82) is 5.26 Å². The van der Waals surface area contributed by atoms with Crippen LogP contribution in [-0.2, 0) is 0 Å². The molecule has 1 aromatic heterocycles. The van der Waals surface area contributed by atoms with Crippen LogP contribution in [0.3, 0.4) is 0 Å². The maximum atomic E-state index is 14.2. The van der Waals surface area contributed by atoms with Crippen molar-refractivity contribution >= 4 is 11.6 Å². The maximum Gasteiger partial charge on any atom is 0.272 e. The number of carbonyl (C=O) groups excluding carboxylic acids is 1. The molecule has 7 nitrogen and oxygen atoms in total. The summed E-state index contributed by atoms with van der Waals surface area (Å²) in [6.07, 6.45) is 1.96. The van der Waals surface area contributed by atoms with E-state index in [1.54, 1.807) is 17.0 Å². The van der Waals surface area contributed by atoms with Crippen LogP contribution in [0.1, 0.15) is 40.6 Å². The van der Waals surface area contributed by atoms with Gasteiger partial charge in [-0.3, -0.25) is 9.59 Å². The van der Waals surface area contributed by atoms with E-state index in [0.717, 1.165) is 12.8 Å². The van der Waals surface area contributed by atoms with Gasteiger partial charge in [0.25, 0.3) is 11.5 Å². The summed E-state index contributed by atoms with van der Waals surface area (Å²) in [6.45, 7) is 1.75. The van der Waals surface area contributed by atoms with Gasteiger partial charge >= 0.3 is 0 Å². The molecule has 1 saturated carbocycles. The first-order valence-electron chi connectivity index (χ1n) is 8.90. The minimum absolute atomic E-state index is 0.165. The molecule has 2 aliphatic rings. The second-order valence-corrected chi connectivity index (χ2v) is 6.85. The Morgan fingerprint density at radius 2 is 1.96 bits per heavy atom. The van der Waals surface area contributed by atoms with E-state index in [-0.39, 0.29) is 28.6 Å². The highest BCUT2D eigenvalue weighted by Gasteiger charge is 2.29. The van der Waals surface area contributed by atoms with Crippen LogP contribution in [-0.4, -0.2) is 47.0 Å². The molecule has 4 rings (SSSR count). The fourth-order valence-electron chi connectivity index (χ4n) is 3.28. The number of anilines is 1. The van der Waals surface area contributed by atoms with Crippen molar-refractivity contribution < 1.29 is 9.18 Å². The number of nitrogens with zero attached hydrogens (tertiary/aromatic N) is 4. The van der Waals surface area contributed by atoms with Crippen molar-refractivity contribution in [2.45, 2.75) is 18.8 Å². The number of rotatable bonds is 3. The highest BCUT2D eigenvalue weighted by Crippen LogP contribution is 2.37. The Labute approximate surface area is 155 Å². The maximum absolute atomic E-state index is 14.2. The van der Waals surface area contributed by atoms with E-state index in [9.17, 15) is 14.0 Å². The van der Waals surface area contributed by atoms with Gasteiger partial charge < -0.3 is 14.8 Å². The lowest BCUT2D eigenvalue weighted by molar-refractivity contribution is 0.0740. The number of benzene rings is 1. The fourth-order valence-corrected chi connectivity index (χ4v) is 3.28. The SMILES string of the molecule is N#Cc1ccc(N2CCN(C(=O)c3cc(=O)[nH]c(C4CC4)n3)CC2)c(F)c1. The number of H-pyrrole nitrogens is 1. The molecule has 1 aromatic carbocycles. The molecule has 0 unspecified atom stereocenters. The second kappa shape index (κ2) is 6.83. The fraction of sp³-hybridized carbons (Fsp3) is 0.368. The van der Waals surface area contributed by atoms with Crippen LogP contribution < -0.4 is 10.5 Å². The number of halogens is 1. The number of aromatic nitrogens is 2. The predicted octanol–water partition coefficient (Wildman–Crippen LogP) is 1.62. The minimum atomic E-state index is -0.445. The summed E-state index contributed by atoms with van der Waals surface area (Å²) in [5.74, 6) is 0.118. The molecule has 1 aliphatic heterocycles. The van der Waals surface area contributed by atoms with Gasteiger partial charge in [0.15, 0.2) is 0 Å². The zero-order chi connectivity index (χ0) is 19.0. The third-order valence-corrected chi connectivity index (χ3v) is 4.93. The number of hydrogen-bond acceptors (Lipinski definition) is 5. The average Bonchev–Trinajstić information content (AvgIpc) is 3.52. The standard InChI is InChI=1S/C19H18FN5O2/c20-14-9-12(11-21)1-4-16(14)24-5-7-25(8-6-24)19(27)15-10-17(26)23-18(22-15)13-2-3-13/h1,4,9-10,13H,2-3,5-8H2,(H,22,23,26). The number of hydrogen-bond donors (Lipinski definition) is 1. The van der Waals surface area contributed by atoms with E-state index in [1.807, 2.05) is 11.0 Å². The summed E-state index contributed by atoms with van der Waals surface area (Å²) in [6, 6.07) is 7.53. The summed E-state index contributed by atoms with van der Waals surface area (Å²) < 4.78 is 14.2. The summed E-state index contributed by atoms with van der Waals surface area (Å²) >= 11 is 0. The van der Waals surface area contributed by atoms with Crippen molar-refractivity contribution in [2.75, 3.05) is 31.1 Å². The molecular weight excluding hydrogens is 349 g/mol. The van der Waals surface area contributed by atoms with Gasteiger partial charge in [-0.2, -0.15) is 5.26 Å². The van der Waals surface area contributed by atoms with Crippen LogP contribution >= 0.6 is 0 Å². The molecule has 1 aliphatic carbocycles.